The van der Waals surface area contributed by atoms with Gasteiger partial charge in [-0.25, -0.2) is 0 Å². The van der Waals surface area contributed by atoms with Crippen LogP contribution in [0.15, 0.2) is 0 Å². The molecule has 0 amide bonds. The average molecular weight is 143 g/mol. The van der Waals surface area contributed by atoms with Crippen LogP contribution < -0.4 is 0 Å². The molecule has 1 fully saturated rings. The quantitative estimate of drug-likeness (QED) is 0.506. The van der Waals surface area contributed by atoms with Gasteiger partial charge in [-0.3, -0.25) is 0 Å². The molecule has 1 saturated heterocycles. The zero-order chi connectivity index (χ0) is 6.91. The van der Waals surface area contributed by atoms with Crippen LogP contribution in [0.5, 0.6) is 0 Å². The van der Waals surface area contributed by atoms with E-state index in [-0.39, 0.29) is 5.92 Å². The summed E-state index contributed by atoms with van der Waals surface area (Å²) in [5.74, 6) is 1.61. The smallest absolute Gasteiger partial charge is 0.163 e. The van der Waals surface area contributed by atoms with Gasteiger partial charge in [-0.1, -0.05) is 6.92 Å². The molecule has 0 spiro atoms. The third-order valence-electron chi connectivity index (χ3n) is 1.70. The standard InChI is InChI=1S/C6H9NOS/c1-5-2-9-4-6(5,8)3-7/h5,8H,2,4H2,1H3. The monoisotopic (exact) mass is 143 g/mol. The first-order valence-electron chi connectivity index (χ1n) is 2.90. The second-order valence-electron chi connectivity index (χ2n) is 2.45. The van der Waals surface area contributed by atoms with Gasteiger partial charge in [-0.05, 0) is 5.75 Å². The summed E-state index contributed by atoms with van der Waals surface area (Å²) in [5.41, 5.74) is -1.04. The van der Waals surface area contributed by atoms with Crippen LogP contribution in [0.2, 0.25) is 0 Å². The van der Waals surface area contributed by atoms with Crippen molar-refractivity contribution in [3.63, 3.8) is 0 Å². The van der Waals surface area contributed by atoms with Gasteiger partial charge in [0.05, 0.1) is 6.07 Å². The van der Waals surface area contributed by atoms with Gasteiger partial charge in [0, 0.05) is 11.7 Å². The van der Waals surface area contributed by atoms with E-state index in [0.29, 0.717) is 5.75 Å². The van der Waals surface area contributed by atoms with E-state index in [1.165, 1.54) is 0 Å². The lowest BCUT2D eigenvalue weighted by molar-refractivity contribution is 0.0848. The van der Waals surface area contributed by atoms with E-state index < -0.39 is 5.60 Å². The van der Waals surface area contributed by atoms with E-state index in [2.05, 4.69) is 0 Å². The molecule has 0 bridgehead atoms. The van der Waals surface area contributed by atoms with Crippen LogP contribution in [0.3, 0.4) is 0 Å². The van der Waals surface area contributed by atoms with Crippen LogP contribution >= 0.6 is 11.8 Å². The SMILES string of the molecule is CC1CSCC1(O)C#N. The maximum absolute atomic E-state index is 9.39. The summed E-state index contributed by atoms with van der Waals surface area (Å²) in [5, 5.41) is 17.9. The van der Waals surface area contributed by atoms with Crippen molar-refractivity contribution in [1.82, 2.24) is 0 Å². The third kappa shape index (κ3) is 1.05. The zero-order valence-corrected chi connectivity index (χ0v) is 6.11. The number of hydrogen-bond donors (Lipinski definition) is 1. The maximum Gasteiger partial charge on any atom is 0.163 e. The lowest BCUT2D eigenvalue weighted by Gasteiger charge is -2.16. The Bertz CT molecular complexity index is 154. The van der Waals surface area contributed by atoms with E-state index in [9.17, 15) is 5.11 Å². The van der Waals surface area contributed by atoms with Crippen molar-refractivity contribution in [2.45, 2.75) is 12.5 Å². The molecule has 0 aromatic heterocycles. The Morgan fingerprint density at radius 3 is 2.78 bits per heavy atom. The number of rotatable bonds is 0. The molecule has 2 nitrogen and oxygen atoms in total. The van der Waals surface area contributed by atoms with Gasteiger partial charge in [0.2, 0.25) is 0 Å². The third-order valence-corrected chi connectivity index (χ3v) is 3.08. The summed E-state index contributed by atoms with van der Waals surface area (Å²) < 4.78 is 0. The van der Waals surface area contributed by atoms with Crippen molar-refractivity contribution < 1.29 is 5.11 Å². The van der Waals surface area contributed by atoms with E-state index >= 15 is 0 Å². The molecule has 2 unspecified atom stereocenters. The molecule has 1 rings (SSSR count). The first-order chi connectivity index (χ1) is 4.19. The fourth-order valence-corrected chi connectivity index (χ4v) is 2.22. The van der Waals surface area contributed by atoms with E-state index in [4.69, 9.17) is 5.26 Å². The molecule has 2 atom stereocenters. The molecule has 1 N–H and O–H groups in total. The van der Waals surface area contributed by atoms with E-state index in [0.717, 1.165) is 5.75 Å². The fourth-order valence-electron chi connectivity index (χ4n) is 0.814. The normalized spacial score (nSPS) is 42.6. The van der Waals surface area contributed by atoms with Crippen LogP contribution in [0.1, 0.15) is 6.92 Å². The molecule has 0 saturated carbocycles. The molecular weight excluding hydrogens is 134 g/mol. The van der Waals surface area contributed by atoms with Gasteiger partial charge in [0.1, 0.15) is 0 Å². The predicted octanol–water partition coefficient (Wildman–Crippen LogP) is 0.624. The van der Waals surface area contributed by atoms with Gasteiger partial charge >= 0.3 is 0 Å². The van der Waals surface area contributed by atoms with Gasteiger partial charge in [0.15, 0.2) is 5.60 Å². The Balaban J connectivity index is 2.70. The Hall–Kier alpha value is -0.200. The Morgan fingerprint density at radius 1 is 1.89 bits per heavy atom. The number of nitriles is 1. The summed E-state index contributed by atoms with van der Waals surface area (Å²) in [7, 11) is 0. The molecule has 50 valence electrons. The molecule has 9 heavy (non-hydrogen) atoms. The Kier molecular flexibility index (Phi) is 1.69. The van der Waals surface area contributed by atoms with Crippen molar-refractivity contribution >= 4 is 11.8 Å². The number of thioether (sulfide) groups is 1. The van der Waals surface area contributed by atoms with Gasteiger partial charge in [-0.2, -0.15) is 17.0 Å². The Morgan fingerprint density at radius 2 is 2.56 bits per heavy atom. The van der Waals surface area contributed by atoms with Crippen LogP contribution in [-0.2, 0) is 0 Å². The lowest BCUT2D eigenvalue weighted by atomic mass is 9.95. The molecule has 3 heteroatoms. The van der Waals surface area contributed by atoms with Gasteiger partial charge < -0.3 is 5.11 Å². The highest BCUT2D eigenvalue weighted by Crippen LogP contribution is 2.32. The van der Waals surface area contributed by atoms with Crippen molar-refractivity contribution in [2.24, 2.45) is 5.92 Å². The molecule has 1 aliphatic rings. The summed E-state index contributed by atoms with van der Waals surface area (Å²) in [4.78, 5) is 0. The highest BCUT2D eigenvalue weighted by Gasteiger charge is 2.38. The average Bonchev–Trinajstić information content (AvgIpc) is 2.15. The summed E-state index contributed by atoms with van der Waals surface area (Å²) >= 11 is 1.64. The largest absolute Gasteiger partial charge is 0.374 e. The highest BCUT2D eigenvalue weighted by molar-refractivity contribution is 7.99. The molecular formula is C6H9NOS. The summed E-state index contributed by atoms with van der Waals surface area (Å²) in [6, 6.07) is 1.92. The molecule has 1 heterocycles. The van der Waals surface area contributed by atoms with E-state index in [1.807, 2.05) is 13.0 Å². The highest BCUT2D eigenvalue weighted by atomic mass is 32.2. The number of aliphatic hydroxyl groups is 1. The summed E-state index contributed by atoms with van der Waals surface area (Å²) in [6.07, 6.45) is 0. The van der Waals surface area contributed by atoms with Gasteiger partial charge in [-0.15, -0.1) is 0 Å². The zero-order valence-electron chi connectivity index (χ0n) is 5.29. The van der Waals surface area contributed by atoms with Crippen molar-refractivity contribution in [1.29, 1.82) is 5.26 Å². The van der Waals surface area contributed by atoms with Crippen molar-refractivity contribution in [3.05, 3.63) is 0 Å². The second-order valence-corrected chi connectivity index (χ2v) is 3.48. The van der Waals surface area contributed by atoms with Crippen LogP contribution in [0.4, 0.5) is 0 Å². The topological polar surface area (TPSA) is 44.0 Å². The number of hydrogen-bond acceptors (Lipinski definition) is 3. The molecule has 0 aromatic rings. The summed E-state index contributed by atoms with van der Waals surface area (Å²) in [6.45, 7) is 1.91. The first kappa shape index (κ1) is 6.91. The number of nitrogens with zero attached hydrogens (tertiary/aromatic N) is 1. The van der Waals surface area contributed by atoms with Crippen LogP contribution in [0, 0.1) is 17.2 Å². The Labute approximate surface area is 58.9 Å². The fraction of sp³-hybridized carbons (Fsp3) is 0.833. The van der Waals surface area contributed by atoms with Crippen molar-refractivity contribution in [3.8, 4) is 6.07 Å². The van der Waals surface area contributed by atoms with E-state index in [1.54, 1.807) is 11.8 Å². The minimum Gasteiger partial charge on any atom is -0.374 e. The first-order valence-corrected chi connectivity index (χ1v) is 4.06. The maximum atomic E-state index is 9.39. The molecule has 0 aromatic carbocycles. The lowest BCUT2D eigenvalue weighted by Crippen LogP contribution is -2.32. The molecule has 0 radical (unpaired) electrons. The molecule has 1 aliphatic heterocycles. The minimum atomic E-state index is -1.04. The molecule has 0 aliphatic carbocycles. The van der Waals surface area contributed by atoms with Gasteiger partial charge in [0.25, 0.3) is 0 Å². The predicted molar refractivity (Wildman–Crippen MR) is 37.1 cm³/mol. The van der Waals surface area contributed by atoms with Crippen LogP contribution in [0.25, 0.3) is 0 Å². The van der Waals surface area contributed by atoms with Crippen LogP contribution in [-0.4, -0.2) is 22.2 Å². The minimum absolute atomic E-state index is 0.132. The second kappa shape index (κ2) is 2.20. The van der Waals surface area contributed by atoms with Crippen molar-refractivity contribution in [2.75, 3.05) is 11.5 Å².